The highest BCUT2D eigenvalue weighted by molar-refractivity contribution is 5.83. The van der Waals surface area contributed by atoms with Gasteiger partial charge in [0, 0.05) is 18.4 Å². The van der Waals surface area contributed by atoms with E-state index < -0.39 is 0 Å². The molecule has 0 aromatic rings. The van der Waals surface area contributed by atoms with Crippen molar-refractivity contribution in [2.24, 2.45) is 16.7 Å². The van der Waals surface area contributed by atoms with Crippen LogP contribution in [0.2, 0.25) is 0 Å². The lowest BCUT2D eigenvalue weighted by Gasteiger charge is -2.17. The van der Waals surface area contributed by atoms with E-state index in [0.717, 1.165) is 13.0 Å². The van der Waals surface area contributed by atoms with E-state index in [0.29, 0.717) is 111 Å². The molecule has 240 valence electrons. The molecule has 0 spiro atoms. The van der Waals surface area contributed by atoms with Gasteiger partial charge in [0.15, 0.2) is 0 Å². The van der Waals surface area contributed by atoms with Crippen LogP contribution in [-0.2, 0) is 42.7 Å². The molecule has 9 nitrogen and oxygen atoms in total. The fourth-order valence-corrected chi connectivity index (χ4v) is 3.56. The van der Waals surface area contributed by atoms with E-state index in [1.165, 1.54) is 5.57 Å². The van der Waals surface area contributed by atoms with Crippen molar-refractivity contribution in [3.05, 3.63) is 23.8 Å². The molecule has 1 rings (SSSR count). The Balaban J connectivity index is 1.82. The molecule has 0 radical (unpaired) electrons. The monoisotopic (exact) mass is 586 g/mol. The third-order valence-electron chi connectivity index (χ3n) is 5.93. The molecular formula is C32H58O9. The Kier molecular flexibility index (Phi) is 21.5. The second-order valence-electron chi connectivity index (χ2n) is 12.3. The smallest absolute Gasteiger partial charge is 0.140 e. The van der Waals surface area contributed by atoms with Gasteiger partial charge in [0.25, 0.3) is 0 Å². The zero-order valence-electron chi connectivity index (χ0n) is 26.7. The van der Waals surface area contributed by atoms with Crippen LogP contribution in [0.1, 0.15) is 54.4 Å². The zero-order chi connectivity index (χ0) is 30.2. The predicted molar refractivity (Wildman–Crippen MR) is 160 cm³/mol. The van der Waals surface area contributed by atoms with E-state index in [1.54, 1.807) is 0 Å². The molecule has 0 saturated carbocycles. The molecule has 0 aliphatic heterocycles. The number of Topliss-reactive ketones (excluding diaryl/α,β-unsaturated/α-hetero) is 1. The van der Waals surface area contributed by atoms with Crippen LogP contribution >= 0.6 is 0 Å². The number of rotatable bonds is 27. The summed E-state index contributed by atoms with van der Waals surface area (Å²) in [6, 6.07) is 0. The summed E-state index contributed by atoms with van der Waals surface area (Å²) < 4.78 is 44.5. The maximum Gasteiger partial charge on any atom is 0.140 e. The lowest BCUT2D eigenvalue weighted by atomic mass is 9.89. The number of hydrogen-bond donors (Lipinski definition) is 0. The first-order valence-electron chi connectivity index (χ1n) is 15.1. The van der Waals surface area contributed by atoms with Gasteiger partial charge >= 0.3 is 0 Å². The van der Waals surface area contributed by atoms with Crippen molar-refractivity contribution >= 4 is 5.78 Å². The van der Waals surface area contributed by atoms with E-state index in [4.69, 9.17) is 37.9 Å². The Hall–Kier alpha value is -1.17. The molecule has 0 amide bonds. The lowest BCUT2D eigenvalue weighted by Crippen LogP contribution is -2.22. The molecule has 1 unspecified atom stereocenters. The van der Waals surface area contributed by atoms with Crippen LogP contribution in [0.3, 0.4) is 0 Å². The summed E-state index contributed by atoms with van der Waals surface area (Å²) in [6.45, 7) is 21.3. The summed E-state index contributed by atoms with van der Waals surface area (Å²) in [5.74, 6) is 0.600. The number of carbonyl (C=O) groups is 1. The molecule has 0 aromatic carbocycles. The quantitative estimate of drug-likeness (QED) is 0.127. The van der Waals surface area contributed by atoms with Gasteiger partial charge in [0.2, 0.25) is 0 Å². The Morgan fingerprint density at radius 3 is 1.54 bits per heavy atom. The van der Waals surface area contributed by atoms with Crippen LogP contribution < -0.4 is 0 Å². The van der Waals surface area contributed by atoms with E-state index in [1.807, 2.05) is 20.8 Å². The van der Waals surface area contributed by atoms with Crippen molar-refractivity contribution < 1.29 is 42.7 Å². The van der Waals surface area contributed by atoms with E-state index in [2.05, 4.69) is 39.0 Å². The van der Waals surface area contributed by atoms with Crippen molar-refractivity contribution in [2.45, 2.75) is 54.4 Å². The molecule has 1 aliphatic carbocycles. The predicted octanol–water partition coefficient (Wildman–Crippen LogP) is 4.67. The Labute approximate surface area is 249 Å². The largest absolute Gasteiger partial charge is 0.379 e. The number of hydrogen-bond acceptors (Lipinski definition) is 9. The fourth-order valence-electron chi connectivity index (χ4n) is 3.56. The second kappa shape index (κ2) is 23.3. The molecule has 41 heavy (non-hydrogen) atoms. The van der Waals surface area contributed by atoms with Gasteiger partial charge in [-0.05, 0) is 23.3 Å². The van der Waals surface area contributed by atoms with Crippen LogP contribution in [0.5, 0.6) is 0 Å². The lowest BCUT2D eigenvalue weighted by molar-refractivity contribution is -0.127. The fraction of sp³-hybridized carbons (Fsp3) is 0.844. The minimum Gasteiger partial charge on any atom is -0.379 e. The van der Waals surface area contributed by atoms with Gasteiger partial charge in [0.05, 0.1) is 99.1 Å². The van der Waals surface area contributed by atoms with Crippen molar-refractivity contribution in [1.29, 1.82) is 0 Å². The van der Waals surface area contributed by atoms with Gasteiger partial charge in [-0.15, -0.1) is 0 Å². The molecule has 0 bridgehead atoms. The van der Waals surface area contributed by atoms with E-state index >= 15 is 0 Å². The van der Waals surface area contributed by atoms with E-state index in [-0.39, 0.29) is 16.6 Å². The first-order valence-corrected chi connectivity index (χ1v) is 15.1. The SMILES string of the molecule is CC(C)(C)COCCOCCOCCOCCC1C=CC(COCCOCCOCCOCCC(=O)C(C)(C)C)=C1. The molecule has 1 aliphatic rings. The molecule has 9 heteroatoms. The van der Waals surface area contributed by atoms with Crippen LogP contribution in [-0.4, -0.2) is 111 Å². The third kappa shape index (κ3) is 24.0. The van der Waals surface area contributed by atoms with Gasteiger partial charge in [0.1, 0.15) is 5.78 Å². The van der Waals surface area contributed by atoms with Gasteiger partial charge in [-0.3, -0.25) is 4.79 Å². The molecule has 0 saturated heterocycles. The van der Waals surface area contributed by atoms with Gasteiger partial charge in [-0.25, -0.2) is 0 Å². The summed E-state index contributed by atoms with van der Waals surface area (Å²) in [5.41, 5.74) is 1.07. The van der Waals surface area contributed by atoms with Crippen LogP contribution in [0.15, 0.2) is 23.8 Å². The maximum atomic E-state index is 11.8. The normalized spacial score (nSPS) is 15.6. The minimum atomic E-state index is -0.306. The number of ether oxygens (including phenoxy) is 8. The first-order chi connectivity index (χ1) is 19.6. The first kappa shape index (κ1) is 37.9. The van der Waals surface area contributed by atoms with Gasteiger partial charge in [-0.2, -0.15) is 0 Å². The molecule has 0 fully saturated rings. The highest BCUT2D eigenvalue weighted by Crippen LogP contribution is 2.19. The van der Waals surface area contributed by atoms with Crippen molar-refractivity contribution in [3.8, 4) is 0 Å². The Morgan fingerprint density at radius 2 is 1.05 bits per heavy atom. The molecule has 0 aromatic heterocycles. The maximum absolute atomic E-state index is 11.8. The average Bonchev–Trinajstić information content (AvgIpc) is 3.35. The summed E-state index contributed by atoms with van der Waals surface area (Å²) in [4.78, 5) is 11.8. The Bertz CT molecular complexity index is 707. The highest BCUT2D eigenvalue weighted by atomic mass is 16.6. The van der Waals surface area contributed by atoms with Crippen molar-refractivity contribution in [2.75, 3.05) is 106 Å². The zero-order valence-corrected chi connectivity index (χ0v) is 26.7. The number of ketones is 1. The third-order valence-corrected chi connectivity index (χ3v) is 5.93. The molecule has 0 N–H and O–H groups in total. The Morgan fingerprint density at radius 1 is 0.610 bits per heavy atom. The molecule has 1 atom stereocenters. The van der Waals surface area contributed by atoms with Crippen LogP contribution in [0, 0.1) is 16.7 Å². The second-order valence-corrected chi connectivity index (χ2v) is 12.3. The average molecular weight is 587 g/mol. The summed E-state index contributed by atoms with van der Waals surface area (Å²) in [5, 5.41) is 0. The van der Waals surface area contributed by atoms with Gasteiger partial charge in [-0.1, -0.05) is 59.8 Å². The van der Waals surface area contributed by atoms with Crippen LogP contribution in [0.4, 0.5) is 0 Å². The van der Waals surface area contributed by atoms with Crippen molar-refractivity contribution in [1.82, 2.24) is 0 Å². The van der Waals surface area contributed by atoms with Crippen LogP contribution in [0.25, 0.3) is 0 Å². The minimum absolute atomic E-state index is 0.187. The topological polar surface area (TPSA) is 90.9 Å². The molecule has 0 heterocycles. The van der Waals surface area contributed by atoms with Gasteiger partial charge < -0.3 is 37.9 Å². The van der Waals surface area contributed by atoms with E-state index in [9.17, 15) is 4.79 Å². The highest BCUT2D eigenvalue weighted by Gasteiger charge is 2.20. The standard InChI is InChI=1S/C32H58O9/c1-31(2,3)27-41-24-22-39-20-18-36-15-13-34-11-9-28-7-8-29(25-28)26-40-23-21-38-19-17-37-16-14-35-12-10-30(33)32(4,5)6/h7-8,25,28H,9-24,26-27H2,1-6H3. The summed E-state index contributed by atoms with van der Waals surface area (Å²) in [7, 11) is 0. The number of carbonyl (C=O) groups excluding carboxylic acids is 1. The molecular weight excluding hydrogens is 528 g/mol. The van der Waals surface area contributed by atoms with Crippen molar-refractivity contribution in [3.63, 3.8) is 0 Å². The summed E-state index contributed by atoms with van der Waals surface area (Å²) in [6.07, 6.45) is 7.94. The number of allylic oxidation sites excluding steroid dienone is 2. The summed E-state index contributed by atoms with van der Waals surface area (Å²) >= 11 is 0.